The van der Waals surface area contributed by atoms with Gasteiger partial charge in [0, 0.05) is 29.9 Å². The first kappa shape index (κ1) is 23.6. The summed E-state index contributed by atoms with van der Waals surface area (Å²) < 4.78 is 36.4. The summed E-state index contributed by atoms with van der Waals surface area (Å²) in [5.74, 6) is -2.44. The molecule has 1 atom stereocenters. The van der Waals surface area contributed by atoms with Crippen molar-refractivity contribution in [3.63, 3.8) is 0 Å². The summed E-state index contributed by atoms with van der Waals surface area (Å²) in [4.78, 5) is 30.9. The van der Waals surface area contributed by atoms with Gasteiger partial charge in [-0.25, -0.2) is 18.2 Å². The molecule has 0 radical (unpaired) electrons. The summed E-state index contributed by atoms with van der Waals surface area (Å²) in [6.07, 6.45) is 4.61. The van der Waals surface area contributed by atoms with Crippen LogP contribution in [0.2, 0.25) is 0 Å². The minimum absolute atomic E-state index is 0.0224. The molecule has 2 fully saturated rings. The van der Waals surface area contributed by atoms with Crippen molar-refractivity contribution in [3.05, 3.63) is 47.5 Å². The number of thiazole rings is 1. The van der Waals surface area contributed by atoms with Crippen LogP contribution in [-0.2, 0) is 34.5 Å². The number of hydrogen-bond acceptors (Lipinski definition) is 8. The average Bonchev–Trinajstić information content (AvgIpc) is 3.58. The average molecular weight is 493 g/mol. The topological polar surface area (TPSA) is 132 Å². The lowest BCUT2D eigenvalue weighted by Gasteiger charge is -2.34. The molecule has 2 heterocycles. The Hall–Kier alpha value is -2.60. The van der Waals surface area contributed by atoms with E-state index in [-0.39, 0.29) is 15.6 Å². The van der Waals surface area contributed by atoms with Crippen molar-refractivity contribution in [1.29, 1.82) is 0 Å². The molecule has 11 heteroatoms. The third kappa shape index (κ3) is 4.72. The second kappa shape index (κ2) is 9.34. The molecule has 2 aliphatic rings. The van der Waals surface area contributed by atoms with E-state index in [1.54, 1.807) is 6.08 Å². The van der Waals surface area contributed by atoms with Gasteiger partial charge < -0.3 is 14.6 Å². The minimum atomic E-state index is -3.47. The van der Waals surface area contributed by atoms with Gasteiger partial charge in [0.25, 0.3) is 11.5 Å². The molecule has 0 bridgehead atoms. The number of nitrogens with zero attached hydrogens (tertiary/aromatic N) is 1. The molecule has 1 amide bonds. The van der Waals surface area contributed by atoms with Crippen LogP contribution in [-0.4, -0.2) is 55.0 Å². The highest BCUT2D eigenvalue weighted by Crippen LogP contribution is 2.36. The van der Waals surface area contributed by atoms with Crippen molar-refractivity contribution >= 4 is 44.3 Å². The maximum Gasteiger partial charge on any atom is 0.350 e. The number of carboxylic acids is 1. The van der Waals surface area contributed by atoms with Crippen molar-refractivity contribution in [1.82, 2.24) is 4.98 Å². The monoisotopic (exact) mass is 492 g/mol. The number of carbonyl (C=O) groups excluding carboxylic acids is 1. The van der Waals surface area contributed by atoms with Crippen LogP contribution in [0.5, 0.6) is 0 Å². The summed E-state index contributed by atoms with van der Waals surface area (Å²) in [7, 11) is -3.47. The number of carboxylic acid groups (broad SMARTS) is 1. The van der Waals surface area contributed by atoms with Crippen LogP contribution in [0, 0.1) is 0 Å². The summed E-state index contributed by atoms with van der Waals surface area (Å²) in [6.45, 7) is 4.42. The van der Waals surface area contributed by atoms with Gasteiger partial charge in [-0.2, -0.15) is 0 Å². The first-order chi connectivity index (χ1) is 15.8. The van der Waals surface area contributed by atoms with Crippen LogP contribution in [0.15, 0.2) is 41.9 Å². The molecule has 1 unspecified atom stereocenters. The van der Waals surface area contributed by atoms with E-state index in [2.05, 4.69) is 16.9 Å². The summed E-state index contributed by atoms with van der Waals surface area (Å²) in [6, 6.07) is 5.33. The lowest BCUT2D eigenvalue weighted by molar-refractivity contribution is -0.186. The lowest BCUT2D eigenvalue weighted by Crippen LogP contribution is -2.52. The second-order valence-corrected chi connectivity index (χ2v) is 11.2. The fraction of sp³-hybridized carbons (Fsp3) is 0.409. The van der Waals surface area contributed by atoms with Gasteiger partial charge in [-0.15, -0.1) is 0 Å². The standard InChI is InChI=1S/C22H24N2O7S2/c1-2-16-13-23-21(32-16)24-19(25)22(20(26)27,31-15-9-11-30-12-10-15)14-3-5-17(6-4-14)33(28,29)18-7-8-18/h2-6,13,15,18H,1,7-12H2,(H,26,27)(H,23,24,25). The number of nitrogens with one attached hydrogen (secondary N) is 1. The van der Waals surface area contributed by atoms with E-state index in [1.807, 2.05) is 0 Å². The van der Waals surface area contributed by atoms with E-state index in [0.717, 1.165) is 11.3 Å². The molecular formula is C22H24N2O7S2. The Morgan fingerprint density at radius 1 is 1.21 bits per heavy atom. The summed E-state index contributed by atoms with van der Waals surface area (Å²) in [5.41, 5.74) is -2.38. The highest BCUT2D eigenvalue weighted by atomic mass is 32.2. The molecule has 1 aromatic heterocycles. The number of carbonyl (C=O) groups is 2. The van der Waals surface area contributed by atoms with Crippen molar-refractivity contribution in [3.8, 4) is 0 Å². The molecule has 1 aliphatic carbocycles. The quantitative estimate of drug-likeness (QED) is 0.511. The molecule has 176 valence electrons. The van der Waals surface area contributed by atoms with Crippen molar-refractivity contribution in [2.75, 3.05) is 18.5 Å². The summed E-state index contributed by atoms with van der Waals surface area (Å²) >= 11 is 1.14. The van der Waals surface area contributed by atoms with Crippen molar-refractivity contribution in [2.24, 2.45) is 0 Å². The normalized spacial score (nSPS) is 18.9. The van der Waals surface area contributed by atoms with Gasteiger partial charge >= 0.3 is 5.97 Å². The predicted octanol–water partition coefficient (Wildman–Crippen LogP) is 2.84. The Kier molecular flexibility index (Phi) is 6.66. The Morgan fingerprint density at radius 2 is 1.88 bits per heavy atom. The van der Waals surface area contributed by atoms with Crippen molar-refractivity contribution < 1.29 is 32.6 Å². The van der Waals surface area contributed by atoms with Gasteiger partial charge in [0.15, 0.2) is 15.0 Å². The number of aliphatic carboxylic acids is 1. The summed E-state index contributed by atoms with van der Waals surface area (Å²) in [5, 5.41) is 12.6. The SMILES string of the molecule is C=Cc1cnc(NC(=O)C(OC2CCOCC2)(C(=O)O)c2ccc(S(=O)(=O)C3CC3)cc2)s1. The van der Waals surface area contributed by atoms with Crippen molar-refractivity contribution in [2.45, 2.75) is 47.5 Å². The highest BCUT2D eigenvalue weighted by Gasteiger charge is 2.52. The molecule has 1 saturated carbocycles. The Balaban J connectivity index is 1.72. The largest absolute Gasteiger partial charge is 0.478 e. The van der Waals surface area contributed by atoms with Gasteiger partial charge in [-0.3, -0.25) is 10.1 Å². The number of ether oxygens (including phenoxy) is 2. The smallest absolute Gasteiger partial charge is 0.350 e. The Bertz CT molecular complexity index is 1150. The van der Waals surface area contributed by atoms with E-state index in [9.17, 15) is 23.1 Å². The number of benzene rings is 1. The van der Waals surface area contributed by atoms with Crippen LogP contribution in [0.4, 0.5) is 5.13 Å². The number of amides is 1. The predicted molar refractivity (Wildman–Crippen MR) is 122 cm³/mol. The van der Waals surface area contributed by atoms with Crippen LogP contribution >= 0.6 is 11.3 Å². The molecule has 0 spiro atoms. The van der Waals surface area contributed by atoms with Crippen LogP contribution in [0.1, 0.15) is 36.1 Å². The van der Waals surface area contributed by atoms with Crippen LogP contribution < -0.4 is 5.32 Å². The molecule has 9 nitrogen and oxygen atoms in total. The maximum atomic E-state index is 13.4. The number of anilines is 1. The molecule has 33 heavy (non-hydrogen) atoms. The number of sulfone groups is 1. The van der Waals surface area contributed by atoms with E-state index in [4.69, 9.17) is 9.47 Å². The molecule has 1 aromatic carbocycles. The maximum absolute atomic E-state index is 13.4. The van der Waals surface area contributed by atoms with E-state index >= 15 is 0 Å². The third-order valence-electron chi connectivity index (χ3n) is 5.63. The first-order valence-electron chi connectivity index (χ1n) is 10.5. The Morgan fingerprint density at radius 3 is 2.42 bits per heavy atom. The van der Waals surface area contributed by atoms with Gasteiger partial charge in [0.2, 0.25) is 0 Å². The van der Waals surface area contributed by atoms with E-state index < -0.39 is 38.7 Å². The fourth-order valence-corrected chi connectivity index (χ4v) is 5.96. The van der Waals surface area contributed by atoms with Gasteiger partial charge in [-0.05, 0) is 37.8 Å². The minimum Gasteiger partial charge on any atom is -0.478 e. The zero-order valence-electron chi connectivity index (χ0n) is 17.7. The first-order valence-corrected chi connectivity index (χ1v) is 12.9. The second-order valence-electron chi connectivity index (χ2n) is 7.91. The van der Waals surface area contributed by atoms with E-state index in [1.165, 1.54) is 30.5 Å². The molecular weight excluding hydrogens is 468 g/mol. The molecule has 1 aliphatic heterocycles. The fourth-order valence-electron chi connectivity index (χ4n) is 3.64. The van der Waals surface area contributed by atoms with Crippen LogP contribution in [0.25, 0.3) is 6.08 Å². The number of rotatable bonds is 9. The van der Waals surface area contributed by atoms with Crippen LogP contribution in [0.3, 0.4) is 0 Å². The highest BCUT2D eigenvalue weighted by molar-refractivity contribution is 7.92. The molecule has 4 rings (SSSR count). The van der Waals surface area contributed by atoms with Gasteiger partial charge in [0.1, 0.15) is 0 Å². The molecule has 2 N–H and O–H groups in total. The molecule has 1 saturated heterocycles. The van der Waals surface area contributed by atoms with Gasteiger partial charge in [-0.1, -0.05) is 36.1 Å². The Labute approximate surface area is 195 Å². The number of hydrogen-bond donors (Lipinski definition) is 2. The van der Waals surface area contributed by atoms with Gasteiger partial charge in [0.05, 0.1) is 16.2 Å². The lowest BCUT2D eigenvalue weighted by atomic mass is 9.91. The zero-order chi connectivity index (χ0) is 23.6. The molecule has 2 aromatic rings. The third-order valence-corrected chi connectivity index (χ3v) is 8.82. The number of aromatic nitrogens is 1. The van der Waals surface area contributed by atoms with E-state index in [0.29, 0.717) is 43.8 Å². The zero-order valence-corrected chi connectivity index (χ0v) is 19.4.